The summed E-state index contributed by atoms with van der Waals surface area (Å²) in [7, 11) is 0. The van der Waals surface area contributed by atoms with Crippen LogP contribution in [0.25, 0.3) is 0 Å². The van der Waals surface area contributed by atoms with Gasteiger partial charge in [-0.1, -0.05) is 6.08 Å². The molecule has 0 aliphatic carbocycles. The molecule has 0 fully saturated rings. The molecule has 0 aromatic heterocycles. The summed E-state index contributed by atoms with van der Waals surface area (Å²) in [6.07, 6.45) is 2.12. The quantitative estimate of drug-likeness (QED) is 0.669. The van der Waals surface area contributed by atoms with Crippen LogP contribution in [0.5, 0.6) is 5.75 Å². The largest absolute Gasteiger partial charge is 0.507 e. The van der Waals surface area contributed by atoms with Gasteiger partial charge in [0.1, 0.15) is 11.6 Å². The lowest BCUT2D eigenvalue weighted by Gasteiger charge is -2.04. The lowest BCUT2D eigenvalue weighted by atomic mass is 10.1. The van der Waals surface area contributed by atoms with Crippen molar-refractivity contribution in [3.05, 3.63) is 41.7 Å². The Kier molecular flexibility index (Phi) is 2.48. The highest BCUT2D eigenvalue weighted by Gasteiger charge is 2.04. The Hall–Kier alpha value is -1.31. The number of phenolic OH excluding ortho intramolecular Hbond substituents is 1. The Morgan fingerprint density at radius 3 is 2.83 bits per heavy atom. The van der Waals surface area contributed by atoms with E-state index in [0.29, 0.717) is 17.5 Å². The van der Waals surface area contributed by atoms with E-state index in [0.717, 1.165) is 0 Å². The van der Waals surface area contributed by atoms with E-state index < -0.39 is 0 Å². The molecule has 0 atom stereocenters. The number of rotatable bonds is 2. The van der Waals surface area contributed by atoms with Crippen LogP contribution in [0.1, 0.15) is 11.1 Å². The van der Waals surface area contributed by atoms with Gasteiger partial charge in [-0.05, 0) is 31.0 Å². The van der Waals surface area contributed by atoms with E-state index in [4.69, 9.17) is 0 Å². The van der Waals surface area contributed by atoms with Gasteiger partial charge in [-0.3, -0.25) is 0 Å². The molecule has 0 spiro atoms. The van der Waals surface area contributed by atoms with Crippen LogP contribution < -0.4 is 0 Å². The first kappa shape index (κ1) is 8.78. The van der Waals surface area contributed by atoms with Crippen LogP contribution in [-0.2, 0) is 6.42 Å². The molecule has 64 valence electrons. The predicted octanol–water partition coefficient (Wildman–Crippen LogP) is 2.57. The second-order valence-corrected chi connectivity index (χ2v) is 2.72. The topological polar surface area (TPSA) is 20.2 Å². The second kappa shape index (κ2) is 3.39. The molecule has 1 nitrogen and oxygen atoms in total. The predicted molar refractivity (Wildman–Crippen MR) is 46.7 cm³/mol. The summed E-state index contributed by atoms with van der Waals surface area (Å²) < 4.78 is 12.8. The molecule has 0 unspecified atom stereocenters. The summed E-state index contributed by atoms with van der Waals surface area (Å²) >= 11 is 0. The Bertz CT molecular complexity index is 305. The summed E-state index contributed by atoms with van der Waals surface area (Å²) in [5, 5.41) is 9.44. The van der Waals surface area contributed by atoms with E-state index in [1.807, 2.05) is 0 Å². The zero-order valence-corrected chi connectivity index (χ0v) is 6.97. The van der Waals surface area contributed by atoms with E-state index in [-0.39, 0.29) is 11.6 Å². The van der Waals surface area contributed by atoms with Gasteiger partial charge in [0, 0.05) is 5.56 Å². The van der Waals surface area contributed by atoms with E-state index in [1.54, 1.807) is 13.0 Å². The van der Waals surface area contributed by atoms with Crippen molar-refractivity contribution in [1.29, 1.82) is 0 Å². The Morgan fingerprint density at radius 2 is 2.25 bits per heavy atom. The maximum Gasteiger partial charge on any atom is 0.124 e. The smallest absolute Gasteiger partial charge is 0.124 e. The summed E-state index contributed by atoms with van der Waals surface area (Å²) in [5.41, 5.74) is 1.15. The third-order valence-electron chi connectivity index (χ3n) is 1.71. The fraction of sp³-hybridized carbons (Fsp3) is 0.200. The first-order valence-corrected chi connectivity index (χ1v) is 3.74. The molecule has 12 heavy (non-hydrogen) atoms. The molecule has 1 aromatic carbocycles. The van der Waals surface area contributed by atoms with Gasteiger partial charge in [0.05, 0.1) is 0 Å². The number of benzene rings is 1. The van der Waals surface area contributed by atoms with Gasteiger partial charge in [-0.15, -0.1) is 6.58 Å². The van der Waals surface area contributed by atoms with Crippen molar-refractivity contribution in [2.45, 2.75) is 13.3 Å². The van der Waals surface area contributed by atoms with Gasteiger partial charge in [0.25, 0.3) is 0 Å². The van der Waals surface area contributed by atoms with Gasteiger partial charge in [-0.25, -0.2) is 4.39 Å². The fourth-order valence-electron chi connectivity index (χ4n) is 1.12. The summed E-state index contributed by atoms with van der Waals surface area (Å²) in [6, 6.07) is 2.63. The molecule has 0 amide bonds. The second-order valence-electron chi connectivity index (χ2n) is 2.72. The van der Waals surface area contributed by atoms with Gasteiger partial charge in [0.15, 0.2) is 0 Å². The zero-order chi connectivity index (χ0) is 9.14. The molecule has 1 N–H and O–H groups in total. The summed E-state index contributed by atoms with van der Waals surface area (Å²) in [4.78, 5) is 0. The SMILES string of the molecule is C=CCc1cc(F)cc(C)c1O. The molecule has 0 aliphatic heterocycles. The molecule has 2 heteroatoms. The number of aromatic hydroxyl groups is 1. The van der Waals surface area contributed by atoms with Crippen molar-refractivity contribution in [3.8, 4) is 5.75 Å². The monoisotopic (exact) mass is 166 g/mol. The maximum atomic E-state index is 12.8. The summed E-state index contributed by atoms with van der Waals surface area (Å²) in [5.74, 6) is -0.154. The minimum absolute atomic E-state index is 0.163. The number of halogens is 1. The van der Waals surface area contributed by atoms with Crippen LogP contribution in [0, 0.1) is 12.7 Å². The molecule has 0 saturated heterocycles. The van der Waals surface area contributed by atoms with Gasteiger partial charge in [-0.2, -0.15) is 0 Å². The minimum Gasteiger partial charge on any atom is -0.507 e. The molecule has 0 heterocycles. The molecule has 0 saturated carbocycles. The average Bonchev–Trinajstić information content (AvgIpc) is 2.00. The number of aryl methyl sites for hydroxylation is 1. The highest BCUT2D eigenvalue weighted by molar-refractivity contribution is 5.40. The van der Waals surface area contributed by atoms with Gasteiger partial charge in [0.2, 0.25) is 0 Å². The van der Waals surface area contributed by atoms with Gasteiger partial charge < -0.3 is 5.11 Å². The normalized spacial score (nSPS) is 9.83. The number of hydrogen-bond donors (Lipinski definition) is 1. The Morgan fingerprint density at radius 1 is 1.58 bits per heavy atom. The van der Waals surface area contributed by atoms with Crippen LogP contribution in [0.3, 0.4) is 0 Å². The fourth-order valence-corrected chi connectivity index (χ4v) is 1.12. The van der Waals surface area contributed by atoms with Crippen molar-refractivity contribution in [3.63, 3.8) is 0 Å². The highest BCUT2D eigenvalue weighted by atomic mass is 19.1. The van der Waals surface area contributed by atoms with Crippen LogP contribution in [-0.4, -0.2) is 5.11 Å². The van der Waals surface area contributed by atoms with Crippen molar-refractivity contribution >= 4 is 0 Å². The molecule has 1 aromatic rings. The van der Waals surface area contributed by atoms with Crippen LogP contribution in [0.2, 0.25) is 0 Å². The van der Waals surface area contributed by atoms with Crippen LogP contribution in [0.4, 0.5) is 4.39 Å². The van der Waals surface area contributed by atoms with Crippen molar-refractivity contribution in [1.82, 2.24) is 0 Å². The average molecular weight is 166 g/mol. The number of phenols is 1. The summed E-state index contributed by atoms with van der Waals surface area (Å²) in [6.45, 7) is 5.19. The van der Waals surface area contributed by atoms with Crippen molar-refractivity contribution in [2.24, 2.45) is 0 Å². The van der Waals surface area contributed by atoms with E-state index in [2.05, 4.69) is 6.58 Å². The van der Waals surface area contributed by atoms with E-state index >= 15 is 0 Å². The first-order valence-electron chi connectivity index (χ1n) is 3.74. The van der Waals surface area contributed by atoms with Crippen molar-refractivity contribution in [2.75, 3.05) is 0 Å². The standard InChI is InChI=1S/C10H11FO/c1-3-4-8-6-9(11)5-7(2)10(8)12/h3,5-6,12H,1,4H2,2H3. The maximum absolute atomic E-state index is 12.8. The van der Waals surface area contributed by atoms with E-state index in [1.165, 1.54) is 12.1 Å². The third-order valence-corrected chi connectivity index (χ3v) is 1.71. The third kappa shape index (κ3) is 1.64. The molecule has 0 radical (unpaired) electrons. The molecule has 0 aliphatic rings. The number of hydrogen-bond acceptors (Lipinski definition) is 1. The first-order chi connectivity index (χ1) is 5.65. The van der Waals surface area contributed by atoms with Crippen LogP contribution in [0.15, 0.2) is 24.8 Å². The minimum atomic E-state index is -0.317. The van der Waals surface area contributed by atoms with Gasteiger partial charge >= 0.3 is 0 Å². The lowest BCUT2D eigenvalue weighted by molar-refractivity contribution is 0.462. The molecule has 1 rings (SSSR count). The molecule has 0 bridgehead atoms. The highest BCUT2D eigenvalue weighted by Crippen LogP contribution is 2.23. The Balaban J connectivity index is 3.17. The lowest BCUT2D eigenvalue weighted by Crippen LogP contribution is -1.88. The molecular weight excluding hydrogens is 155 g/mol. The van der Waals surface area contributed by atoms with E-state index in [9.17, 15) is 9.50 Å². The Labute approximate surface area is 71.2 Å². The molecular formula is C10H11FO. The number of allylic oxidation sites excluding steroid dienone is 1. The zero-order valence-electron chi connectivity index (χ0n) is 6.97. The van der Waals surface area contributed by atoms with Crippen LogP contribution >= 0.6 is 0 Å². The van der Waals surface area contributed by atoms with Crippen molar-refractivity contribution < 1.29 is 9.50 Å².